The summed E-state index contributed by atoms with van der Waals surface area (Å²) in [6, 6.07) is 4.91. The molecule has 1 rings (SSSR count). The summed E-state index contributed by atoms with van der Waals surface area (Å²) in [6.07, 6.45) is 1.70. The zero-order chi connectivity index (χ0) is 14.3. The Hall–Kier alpha value is -1.64. The molecule has 0 heterocycles. The molecular weight excluding hydrogens is 245 g/mol. The van der Waals surface area contributed by atoms with E-state index in [-0.39, 0.29) is 11.9 Å². The van der Waals surface area contributed by atoms with Gasteiger partial charge in [-0.1, -0.05) is 0 Å². The highest BCUT2D eigenvalue weighted by Gasteiger charge is 2.12. The van der Waals surface area contributed by atoms with E-state index < -0.39 is 0 Å². The molecule has 0 amide bonds. The third kappa shape index (κ3) is 4.51. The zero-order valence-corrected chi connectivity index (χ0v) is 11.4. The molecule has 0 spiro atoms. The second-order valence-electron chi connectivity index (χ2n) is 4.47. The molecule has 0 saturated heterocycles. The van der Waals surface area contributed by atoms with Gasteiger partial charge < -0.3 is 15.8 Å². The maximum absolute atomic E-state index is 13.7. The van der Waals surface area contributed by atoms with Crippen LogP contribution in [-0.2, 0) is 4.74 Å². The van der Waals surface area contributed by atoms with Crippen molar-refractivity contribution >= 4 is 5.69 Å². The van der Waals surface area contributed by atoms with Gasteiger partial charge in [-0.25, -0.2) is 4.39 Å². The number of hydrogen-bond donors (Lipinski definition) is 2. The van der Waals surface area contributed by atoms with Gasteiger partial charge in [-0.2, -0.15) is 5.26 Å². The van der Waals surface area contributed by atoms with Gasteiger partial charge in [-0.05, 0) is 38.4 Å². The summed E-state index contributed by atoms with van der Waals surface area (Å²) in [7, 11) is 1.62. The third-order valence-electron chi connectivity index (χ3n) is 2.96. The molecule has 0 aliphatic carbocycles. The molecule has 19 heavy (non-hydrogen) atoms. The highest BCUT2D eigenvalue weighted by Crippen LogP contribution is 2.22. The number of methoxy groups -OCH3 is 1. The van der Waals surface area contributed by atoms with Crippen molar-refractivity contribution in [3.63, 3.8) is 0 Å². The number of anilines is 1. The van der Waals surface area contributed by atoms with Gasteiger partial charge in [0.05, 0.1) is 18.2 Å². The molecule has 3 N–H and O–H groups in total. The normalized spacial score (nSPS) is 11.9. The fourth-order valence-electron chi connectivity index (χ4n) is 1.88. The molecule has 1 unspecified atom stereocenters. The van der Waals surface area contributed by atoms with Crippen LogP contribution < -0.4 is 11.1 Å². The number of rotatable bonds is 7. The minimum absolute atomic E-state index is 0.0561. The van der Waals surface area contributed by atoms with Crippen molar-refractivity contribution in [1.82, 2.24) is 0 Å². The van der Waals surface area contributed by atoms with Gasteiger partial charge in [-0.15, -0.1) is 0 Å². The number of hydrogen-bond acceptors (Lipinski definition) is 4. The summed E-state index contributed by atoms with van der Waals surface area (Å²) in [6.45, 7) is 2.80. The van der Waals surface area contributed by atoms with E-state index in [1.54, 1.807) is 20.1 Å². The molecular formula is C14H20FN3O. The molecule has 0 fully saturated rings. The molecule has 1 aromatic rings. The van der Waals surface area contributed by atoms with Crippen molar-refractivity contribution in [2.24, 2.45) is 5.73 Å². The molecule has 0 bridgehead atoms. The van der Waals surface area contributed by atoms with E-state index in [0.29, 0.717) is 30.0 Å². The van der Waals surface area contributed by atoms with Crippen molar-refractivity contribution < 1.29 is 9.13 Å². The molecule has 0 aliphatic heterocycles. The Morgan fingerprint density at radius 2 is 2.26 bits per heavy atom. The largest absolute Gasteiger partial charge is 0.383 e. The number of nitrogens with zero attached hydrogens (tertiary/aromatic N) is 1. The van der Waals surface area contributed by atoms with Crippen LogP contribution in [0.1, 0.15) is 24.0 Å². The molecule has 1 atom stereocenters. The predicted molar refractivity (Wildman–Crippen MR) is 73.4 cm³/mol. The Kier molecular flexibility index (Phi) is 6.26. The maximum atomic E-state index is 13.7. The van der Waals surface area contributed by atoms with Gasteiger partial charge in [0, 0.05) is 24.4 Å². The lowest BCUT2D eigenvalue weighted by molar-refractivity contribution is 0.182. The van der Waals surface area contributed by atoms with Crippen LogP contribution in [0.4, 0.5) is 10.1 Å². The van der Waals surface area contributed by atoms with Crippen LogP contribution in [0.25, 0.3) is 0 Å². The van der Waals surface area contributed by atoms with Crippen LogP contribution in [0, 0.1) is 24.1 Å². The standard InChI is InChI=1S/C14H20FN3O/c1-10-13(15)6-11(8-17)7-14(10)18-12(9-19-2)4-3-5-16/h6-7,12,18H,3-5,9,16H2,1-2H3. The Morgan fingerprint density at radius 1 is 1.53 bits per heavy atom. The fourth-order valence-corrected chi connectivity index (χ4v) is 1.88. The smallest absolute Gasteiger partial charge is 0.129 e. The topological polar surface area (TPSA) is 71.1 Å². The van der Waals surface area contributed by atoms with Gasteiger partial charge in [0.2, 0.25) is 0 Å². The molecule has 0 saturated carbocycles. The number of nitrogens with one attached hydrogen (secondary N) is 1. The average molecular weight is 265 g/mol. The van der Waals surface area contributed by atoms with E-state index in [2.05, 4.69) is 5.32 Å². The number of nitrogens with two attached hydrogens (primary N) is 1. The van der Waals surface area contributed by atoms with Crippen LogP contribution in [0.2, 0.25) is 0 Å². The highest BCUT2D eigenvalue weighted by molar-refractivity contribution is 5.56. The van der Waals surface area contributed by atoms with Crippen molar-refractivity contribution in [2.75, 3.05) is 25.6 Å². The maximum Gasteiger partial charge on any atom is 0.129 e. The van der Waals surface area contributed by atoms with Gasteiger partial charge >= 0.3 is 0 Å². The summed E-state index contributed by atoms with van der Waals surface area (Å²) in [5, 5.41) is 12.1. The number of halogens is 1. The molecule has 5 heteroatoms. The number of benzene rings is 1. The lowest BCUT2D eigenvalue weighted by atomic mass is 10.1. The van der Waals surface area contributed by atoms with Crippen LogP contribution in [-0.4, -0.2) is 26.3 Å². The minimum Gasteiger partial charge on any atom is -0.383 e. The first-order valence-electron chi connectivity index (χ1n) is 6.28. The van der Waals surface area contributed by atoms with E-state index in [4.69, 9.17) is 15.7 Å². The molecule has 4 nitrogen and oxygen atoms in total. The van der Waals surface area contributed by atoms with Crippen LogP contribution in [0.5, 0.6) is 0 Å². The van der Waals surface area contributed by atoms with E-state index in [0.717, 1.165) is 12.8 Å². The average Bonchev–Trinajstić information content (AvgIpc) is 2.41. The molecule has 0 aromatic heterocycles. The van der Waals surface area contributed by atoms with Gasteiger partial charge in [0.1, 0.15) is 5.82 Å². The second kappa shape index (κ2) is 7.72. The van der Waals surface area contributed by atoms with Gasteiger partial charge in [-0.3, -0.25) is 0 Å². The zero-order valence-electron chi connectivity index (χ0n) is 11.4. The second-order valence-corrected chi connectivity index (χ2v) is 4.47. The SMILES string of the molecule is COCC(CCCN)Nc1cc(C#N)cc(F)c1C. The number of ether oxygens (including phenoxy) is 1. The van der Waals surface area contributed by atoms with Crippen molar-refractivity contribution in [2.45, 2.75) is 25.8 Å². The molecule has 1 aromatic carbocycles. The van der Waals surface area contributed by atoms with Crippen molar-refractivity contribution in [3.8, 4) is 6.07 Å². The lowest BCUT2D eigenvalue weighted by Gasteiger charge is -2.20. The summed E-state index contributed by atoms with van der Waals surface area (Å²) in [5.41, 5.74) is 6.94. The van der Waals surface area contributed by atoms with E-state index in [9.17, 15) is 4.39 Å². The number of nitriles is 1. The van der Waals surface area contributed by atoms with Crippen LogP contribution in [0.15, 0.2) is 12.1 Å². The molecule has 0 radical (unpaired) electrons. The quantitative estimate of drug-likeness (QED) is 0.792. The highest BCUT2D eigenvalue weighted by atomic mass is 19.1. The van der Waals surface area contributed by atoms with Crippen LogP contribution >= 0.6 is 0 Å². The Balaban J connectivity index is 2.88. The van der Waals surface area contributed by atoms with E-state index in [1.807, 2.05) is 6.07 Å². The van der Waals surface area contributed by atoms with Gasteiger partial charge in [0.15, 0.2) is 0 Å². The summed E-state index contributed by atoms with van der Waals surface area (Å²) >= 11 is 0. The summed E-state index contributed by atoms with van der Waals surface area (Å²) in [4.78, 5) is 0. The van der Waals surface area contributed by atoms with Crippen molar-refractivity contribution in [3.05, 3.63) is 29.1 Å². The Bertz CT molecular complexity index is 457. The first-order chi connectivity index (χ1) is 9.12. The lowest BCUT2D eigenvalue weighted by Crippen LogP contribution is -2.26. The molecule has 0 aliphatic rings. The summed E-state index contributed by atoms with van der Waals surface area (Å²) in [5.74, 6) is -0.378. The molecule has 104 valence electrons. The first kappa shape index (κ1) is 15.4. The minimum atomic E-state index is -0.378. The van der Waals surface area contributed by atoms with E-state index >= 15 is 0 Å². The van der Waals surface area contributed by atoms with Crippen molar-refractivity contribution in [1.29, 1.82) is 5.26 Å². The Morgan fingerprint density at radius 3 is 2.84 bits per heavy atom. The van der Waals surface area contributed by atoms with E-state index in [1.165, 1.54) is 6.07 Å². The summed E-state index contributed by atoms with van der Waals surface area (Å²) < 4.78 is 18.8. The first-order valence-corrected chi connectivity index (χ1v) is 6.28. The fraction of sp³-hybridized carbons (Fsp3) is 0.500. The third-order valence-corrected chi connectivity index (χ3v) is 2.96. The van der Waals surface area contributed by atoms with Gasteiger partial charge in [0.25, 0.3) is 0 Å². The monoisotopic (exact) mass is 265 g/mol. The predicted octanol–water partition coefficient (Wildman–Crippen LogP) is 2.17. The van der Waals surface area contributed by atoms with Crippen LogP contribution in [0.3, 0.4) is 0 Å². The Labute approximate surface area is 113 Å².